The summed E-state index contributed by atoms with van der Waals surface area (Å²) in [4.78, 5) is 12.1. The predicted molar refractivity (Wildman–Crippen MR) is 74.9 cm³/mol. The van der Waals surface area contributed by atoms with Gasteiger partial charge < -0.3 is 10.6 Å². The third-order valence-corrected chi connectivity index (χ3v) is 3.64. The Hall–Kier alpha value is -1.58. The molecule has 0 atom stereocenters. The molecule has 0 heterocycles. The van der Waals surface area contributed by atoms with Gasteiger partial charge in [-0.3, -0.25) is 4.79 Å². The first-order chi connectivity index (χ1) is 9.22. The minimum atomic E-state index is -0.379. The molecule has 1 fully saturated rings. The molecule has 3 nitrogen and oxygen atoms in total. The fraction of sp³-hybridized carbons (Fsp3) is 0.533. The smallest absolute Gasteiger partial charge is 0.253 e. The summed E-state index contributed by atoms with van der Waals surface area (Å²) in [6.07, 6.45) is 4.87. The van der Waals surface area contributed by atoms with Crippen LogP contribution in [-0.4, -0.2) is 19.0 Å². The van der Waals surface area contributed by atoms with Crippen molar-refractivity contribution >= 4 is 11.6 Å². The molecule has 2 N–H and O–H groups in total. The molecule has 0 saturated heterocycles. The first-order valence-corrected chi connectivity index (χ1v) is 7.03. The van der Waals surface area contributed by atoms with Crippen LogP contribution in [0.25, 0.3) is 0 Å². The maximum absolute atomic E-state index is 13.7. The average Bonchev–Trinajstić information content (AvgIpc) is 2.92. The van der Waals surface area contributed by atoms with Gasteiger partial charge in [0.05, 0.1) is 11.3 Å². The molecule has 104 valence electrons. The van der Waals surface area contributed by atoms with Crippen LogP contribution in [0.2, 0.25) is 0 Å². The number of para-hydroxylation sites is 1. The summed E-state index contributed by atoms with van der Waals surface area (Å²) in [5, 5.41) is 5.84. The van der Waals surface area contributed by atoms with Crippen LogP contribution in [0.15, 0.2) is 18.2 Å². The molecule has 0 bridgehead atoms. The normalized spacial score (nSPS) is 15.5. The molecule has 0 spiro atoms. The van der Waals surface area contributed by atoms with E-state index in [9.17, 15) is 9.18 Å². The second kappa shape index (κ2) is 6.55. The van der Waals surface area contributed by atoms with Crippen LogP contribution in [-0.2, 0) is 0 Å². The third-order valence-electron chi connectivity index (χ3n) is 3.64. The number of nitrogens with one attached hydrogen (secondary N) is 2. The molecular weight excluding hydrogens is 243 g/mol. The van der Waals surface area contributed by atoms with Crippen LogP contribution in [0.1, 0.15) is 43.0 Å². The Balaban J connectivity index is 2.03. The van der Waals surface area contributed by atoms with E-state index in [-0.39, 0.29) is 11.7 Å². The van der Waals surface area contributed by atoms with Gasteiger partial charge in [0, 0.05) is 13.1 Å². The van der Waals surface area contributed by atoms with E-state index >= 15 is 0 Å². The number of hydrogen-bond acceptors (Lipinski definition) is 2. The largest absolute Gasteiger partial charge is 0.382 e. The van der Waals surface area contributed by atoms with Crippen LogP contribution >= 0.6 is 0 Å². The third kappa shape index (κ3) is 3.46. The molecule has 1 amide bonds. The summed E-state index contributed by atoms with van der Waals surface area (Å²) in [6.45, 7) is 3.16. The first kappa shape index (κ1) is 13.8. The maximum atomic E-state index is 13.7. The number of rotatable bonds is 5. The molecule has 1 aliphatic carbocycles. The number of amides is 1. The molecule has 0 unspecified atom stereocenters. The van der Waals surface area contributed by atoms with Gasteiger partial charge in [0.1, 0.15) is 5.82 Å². The Morgan fingerprint density at radius 3 is 2.79 bits per heavy atom. The van der Waals surface area contributed by atoms with Gasteiger partial charge in [-0.25, -0.2) is 4.39 Å². The first-order valence-electron chi connectivity index (χ1n) is 7.03. The van der Waals surface area contributed by atoms with Crippen molar-refractivity contribution in [1.82, 2.24) is 5.32 Å². The van der Waals surface area contributed by atoms with Crippen molar-refractivity contribution in [3.63, 3.8) is 0 Å². The zero-order valence-electron chi connectivity index (χ0n) is 11.3. The highest BCUT2D eigenvalue weighted by Crippen LogP contribution is 2.24. The topological polar surface area (TPSA) is 41.1 Å². The lowest BCUT2D eigenvalue weighted by Crippen LogP contribution is -2.29. The quantitative estimate of drug-likeness (QED) is 0.857. The maximum Gasteiger partial charge on any atom is 0.253 e. The fourth-order valence-corrected chi connectivity index (χ4v) is 2.62. The van der Waals surface area contributed by atoms with E-state index < -0.39 is 0 Å². The lowest BCUT2D eigenvalue weighted by atomic mass is 10.1. The predicted octanol–water partition coefficient (Wildman–Crippen LogP) is 3.18. The molecule has 1 aromatic rings. The molecule has 0 aromatic heterocycles. The minimum Gasteiger partial charge on any atom is -0.382 e. The van der Waals surface area contributed by atoms with Gasteiger partial charge in [-0.2, -0.15) is 0 Å². The Bertz CT molecular complexity index is 442. The van der Waals surface area contributed by atoms with Gasteiger partial charge in [0.15, 0.2) is 0 Å². The van der Waals surface area contributed by atoms with Crippen LogP contribution in [0.5, 0.6) is 0 Å². The molecule has 0 aliphatic heterocycles. The van der Waals surface area contributed by atoms with Crippen LogP contribution in [0.3, 0.4) is 0 Å². The van der Waals surface area contributed by atoms with Crippen LogP contribution in [0.4, 0.5) is 10.1 Å². The Morgan fingerprint density at radius 2 is 2.11 bits per heavy atom. The van der Waals surface area contributed by atoms with Crippen molar-refractivity contribution in [2.45, 2.75) is 32.6 Å². The summed E-state index contributed by atoms with van der Waals surface area (Å²) in [6, 6.07) is 4.59. The molecule has 1 aliphatic rings. The number of carbonyl (C=O) groups excluding carboxylic acids is 1. The van der Waals surface area contributed by atoms with Gasteiger partial charge in [0.25, 0.3) is 5.91 Å². The molecule has 2 rings (SSSR count). The van der Waals surface area contributed by atoms with Crippen molar-refractivity contribution in [1.29, 1.82) is 0 Å². The van der Waals surface area contributed by atoms with Crippen molar-refractivity contribution in [3.8, 4) is 0 Å². The zero-order chi connectivity index (χ0) is 13.7. The van der Waals surface area contributed by atoms with Crippen LogP contribution in [0, 0.1) is 11.7 Å². The van der Waals surface area contributed by atoms with Gasteiger partial charge in [0.2, 0.25) is 0 Å². The Morgan fingerprint density at radius 1 is 1.37 bits per heavy atom. The van der Waals surface area contributed by atoms with Gasteiger partial charge in [-0.15, -0.1) is 0 Å². The second-order valence-corrected chi connectivity index (χ2v) is 5.05. The Labute approximate surface area is 113 Å². The summed E-state index contributed by atoms with van der Waals surface area (Å²) < 4.78 is 13.7. The van der Waals surface area contributed by atoms with Crippen molar-refractivity contribution in [2.75, 3.05) is 18.4 Å². The number of hydrogen-bond donors (Lipinski definition) is 2. The van der Waals surface area contributed by atoms with E-state index in [1.54, 1.807) is 12.1 Å². The van der Waals surface area contributed by atoms with Crippen LogP contribution < -0.4 is 10.6 Å². The van der Waals surface area contributed by atoms with E-state index in [0.29, 0.717) is 30.3 Å². The molecule has 4 heteroatoms. The highest BCUT2D eigenvalue weighted by molar-refractivity contribution is 5.99. The number of anilines is 1. The minimum absolute atomic E-state index is 0.192. The van der Waals surface area contributed by atoms with E-state index in [0.717, 1.165) is 0 Å². The molecule has 19 heavy (non-hydrogen) atoms. The van der Waals surface area contributed by atoms with Crippen molar-refractivity contribution < 1.29 is 9.18 Å². The standard InChI is InChI=1S/C15H21FN2O/c1-2-17-14-12(8-5-9-13(14)16)15(19)18-10-11-6-3-4-7-11/h5,8-9,11,17H,2-4,6-7,10H2,1H3,(H,18,19). The SMILES string of the molecule is CCNc1c(F)cccc1C(=O)NCC1CCCC1. The molecule has 1 saturated carbocycles. The van der Waals surface area contributed by atoms with E-state index in [1.807, 2.05) is 6.92 Å². The van der Waals surface area contributed by atoms with E-state index in [2.05, 4.69) is 10.6 Å². The summed E-state index contributed by atoms with van der Waals surface area (Å²) in [5.74, 6) is 0.0119. The van der Waals surface area contributed by atoms with E-state index in [1.165, 1.54) is 31.7 Å². The average molecular weight is 264 g/mol. The number of benzene rings is 1. The number of carbonyl (C=O) groups is 1. The summed E-state index contributed by atoms with van der Waals surface area (Å²) in [7, 11) is 0. The zero-order valence-corrected chi connectivity index (χ0v) is 11.3. The van der Waals surface area contributed by atoms with E-state index in [4.69, 9.17) is 0 Å². The highest BCUT2D eigenvalue weighted by atomic mass is 19.1. The monoisotopic (exact) mass is 264 g/mol. The van der Waals surface area contributed by atoms with Gasteiger partial charge in [-0.05, 0) is 37.8 Å². The number of halogens is 1. The summed E-state index contributed by atoms with van der Waals surface area (Å²) in [5.41, 5.74) is 0.689. The van der Waals surface area contributed by atoms with Gasteiger partial charge in [-0.1, -0.05) is 18.9 Å². The molecular formula is C15H21FN2O. The fourth-order valence-electron chi connectivity index (χ4n) is 2.62. The van der Waals surface area contributed by atoms with Gasteiger partial charge >= 0.3 is 0 Å². The second-order valence-electron chi connectivity index (χ2n) is 5.05. The lowest BCUT2D eigenvalue weighted by molar-refractivity contribution is 0.0948. The lowest BCUT2D eigenvalue weighted by Gasteiger charge is -2.14. The van der Waals surface area contributed by atoms with Crippen molar-refractivity contribution in [2.24, 2.45) is 5.92 Å². The molecule has 0 radical (unpaired) electrons. The Kier molecular flexibility index (Phi) is 4.77. The summed E-state index contributed by atoms with van der Waals surface area (Å²) >= 11 is 0. The molecule has 1 aromatic carbocycles. The highest BCUT2D eigenvalue weighted by Gasteiger charge is 2.18. The van der Waals surface area contributed by atoms with Crippen molar-refractivity contribution in [3.05, 3.63) is 29.6 Å².